The Morgan fingerprint density at radius 1 is 0.633 bits per heavy atom. The van der Waals surface area contributed by atoms with Crippen molar-refractivity contribution in [3.8, 4) is 0 Å². The summed E-state index contributed by atoms with van der Waals surface area (Å²) in [5, 5.41) is 13.6. The second kappa shape index (κ2) is 24.5. The zero-order valence-corrected chi connectivity index (χ0v) is 26.8. The fourth-order valence-electron chi connectivity index (χ4n) is 4.09. The lowest BCUT2D eigenvalue weighted by Gasteiger charge is -2.10. The van der Waals surface area contributed by atoms with Gasteiger partial charge in [-0.1, -0.05) is 49.9 Å². The Balaban J connectivity index is 0.000000157. The number of fused-ring (bicyclic) bond motifs is 3. The smallest absolute Gasteiger partial charge is 0.173 e. The minimum absolute atomic E-state index is 0. The van der Waals surface area contributed by atoms with Gasteiger partial charge in [-0.3, -0.25) is 35.0 Å². The van der Waals surface area contributed by atoms with Gasteiger partial charge in [0, 0.05) is 49.3 Å². The largest absolute Gasteiger partial charge is 0.379 e. The lowest BCUT2D eigenvalue weighted by atomic mass is 10.3. The van der Waals surface area contributed by atoms with Crippen LogP contribution in [-0.4, -0.2) is 102 Å². The molecular formula is C36H44N12O. The first kappa shape index (κ1) is 37.8. The third kappa shape index (κ3) is 15.7. The Morgan fingerprint density at radius 2 is 1.31 bits per heavy atom. The molecule has 9 heterocycles. The van der Waals surface area contributed by atoms with E-state index in [0.717, 1.165) is 85.9 Å². The topological polar surface area (TPSA) is 163 Å². The Labute approximate surface area is 286 Å². The predicted octanol–water partition coefficient (Wildman–Crippen LogP) is -0.213. The fraction of sp³-hybridized carbons (Fsp3) is 0.278. The highest BCUT2D eigenvalue weighted by Gasteiger charge is 1.94. The van der Waals surface area contributed by atoms with E-state index in [-0.39, 0.29) is 7.43 Å². The number of aliphatic imine (C=N–C) groups is 2. The Hall–Kier alpha value is -5.66. The van der Waals surface area contributed by atoms with Gasteiger partial charge >= 0.3 is 0 Å². The number of rotatable bonds is 0. The van der Waals surface area contributed by atoms with Gasteiger partial charge in [0.05, 0.1) is 51.3 Å². The Kier molecular flexibility index (Phi) is 18.9. The molecule has 0 spiro atoms. The number of para-hydroxylation sites is 1. The van der Waals surface area contributed by atoms with Gasteiger partial charge in [0.15, 0.2) is 11.0 Å². The van der Waals surface area contributed by atoms with E-state index in [1.165, 1.54) is 17.9 Å². The molecule has 4 aromatic rings. The van der Waals surface area contributed by atoms with Gasteiger partial charge in [-0.05, 0) is 41.6 Å². The van der Waals surface area contributed by atoms with E-state index in [4.69, 9.17) is 4.74 Å². The summed E-state index contributed by atoms with van der Waals surface area (Å²) >= 11 is 0. The highest BCUT2D eigenvalue weighted by atomic mass is 16.5. The Bertz CT molecular complexity index is 1650. The van der Waals surface area contributed by atoms with Crippen molar-refractivity contribution in [1.82, 2.24) is 35.5 Å². The molecular weight excluding hydrogens is 616 g/mol. The molecule has 1 saturated heterocycles. The molecule has 0 atom stereocenters. The molecule has 0 bridgehead atoms. The molecule has 6 aliphatic rings. The lowest BCUT2D eigenvalue weighted by molar-refractivity contribution is 0.109. The van der Waals surface area contributed by atoms with Crippen LogP contribution in [0.3, 0.4) is 0 Å². The second-order valence-corrected chi connectivity index (χ2v) is 9.77. The summed E-state index contributed by atoms with van der Waals surface area (Å²) in [5.41, 5.74) is 1.66. The summed E-state index contributed by atoms with van der Waals surface area (Å²) in [6, 6.07) is 12.1. The maximum Gasteiger partial charge on any atom is 0.173 e. The minimum Gasteiger partial charge on any atom is -0.379 e. The zero-order chi connectivity index (χ0) is 33.2. The number of pyridine rings is 1. The van der Waals surface area contributed by atoms with Crippen LogP contribution in [0, 0.1) is 0 Å². The van der Waals surface area contributed by atoms with Crippen LogP contribution in [0.25, 0.3) is 18.2 Å². The van der Waals surface area contributed by atoms with Crippen molar-refractivity contribution < 1.29 is 4.74 Å². The van der Waals surface area contributed by atoms with Gasteiger partial charge in [0.2, 0.25) is 0 Å². The lowest BCUT2D eigenvalue weighted by Crippen LogP contribution is -2.30. The molecule has 0 unspecified atom stereocenters. The number of H-pyrrole nitrogens is 1. The van der Waals surface area contributed by atoms with Crippen LogP contribution < -0.4 is 37.4 Å². The number of aromatic nitrogens is 6. The molecule has 0 radical (unpaired) electrons. The summed E-state index contributed by atoms with van der Waals surface area (Å²) < 4.78 is 5.01. The molecule has 0 saturated carbocycles. The van der Waals surface area contributed by atoms with E-state index < -0.39 is 0 Å². The van der Waals surface area contributed by atoms with E-state index in [1.54, 1.807) is 31.0 Å². The minimum atomic E-state index is 0. The van der Waals surface area contributed by atoms with Gasteiger partial charge in [-0.2, -0.15) is 5.10 Å². The van der Waals surface area contributed by atoms with Gasteiger partial charge in [0.1, 0.15) is 18.0 Å². The van der Waals surface area contributed by atoms with Gasteiger partial charge < -0.3 is 10.1 Å². The second-order valence-electron chi connectivity index (χ2n) is 9.77. The zero-order valence-electron chi connectivity index (χ0n) is 26.8. The number of aromatic amines is 1. The number of morpholine rings is 1. The monoisotopic (exact) mass is 660 g/mol. The number of allylic oxidation sites excluding steroid dienone is 2. The van der Waals surface area contributed by atoms with Gasteiger partial charge in [-0.25, -0.2) is 15.0 Å². The van der Waals surface area contributed by atoms with Crippen molar-refractivity contribution in [2.24, 2.45) is 25.0 Å². The summed E-state index contributed by atoms with van der Waals surface area (Å²) in [4.78, 5) is 35.8. The van der Waals surface area contributed by atoms with Crippen molar-refractivity contribution >= 4 is 30.7 Å². The number of benzene rings is 1. The van der Waals surface area contributed by atoms with Crippen molar-refractivity contribution in [1.29, 1.82) is 0 Å². The molecule has 13 heteroatoms. The van der Waals surface area contributed by atoms with Crippen LogP contribution in [0.5, 0.6) is 0 Å². The quantitative estimate of drug-likeness (QED) is 0.264. The molecule has 0 aliphatic carbocycles. The highest BCUT2D eigenvalue weighted by Crippen LogP contribution is 1.81. The third-order valence-corrected chi connectivity index (χ3v) is 6.36. The van der Waals surface area contributed by atoms with Crippen molar-refractivity contribution in [3.05, 3.63) is 124 Å². The van der Waals surface area contributed by atoms with Crippen molar-refractivity contribution in [2.75, 3.05) is 59.0 Å². The van der Waals surface area contributed by atoms with Gasteiger partial charge in [-0.15, -0.1) is 0 Å². The standard InChI is InChI=1S/C8H7N.C7H6N2.C6H5N3.C4H9NO.2C4H5N.C2H3N3.CH4/c1-2-4-8-7(3-1)5-6-9-8;1-2-6-3-5-9-7(6)8-4-1;1-2-8-6-5(1)7-3-4-9-6;1-3-6-4-2-5-1;2*1-2-4-5-3-1;1-3-2-5-4-1;/h1-5H,6H2;1-4H,5H2;1,3-4H,2H2;5H,1-4H2;2*1-3H,4H2;1-2H,(H,3,4,5);1H4. The average molecular weight is 661 g/mol. The highest BCUT2D eigenvalue weighted by molar-refractivity contribution is 5.73. The molecule has 49 heavy (non-hydrogen) atoms. The first-order valence-electron chi connectivity index (χ1n) is 15.6. The summed E-state index contributed by atoms with van der Waals surface area (Å²) in [5.74, 6) is 0. The summed E-state index contributed by atoms with van der Waals surface area (Å²) in [6.45, 7) is 8.00. The van der Waals surface area contributed by atoms with Crippen molar-refractivity contribution in [2.45, 2.75) is 7.43 Å². The van der Waals surface area contributed by atoms with E-state index in [2.05, 4.69) is 78.6 Å². The maximum atomic E-state index is 5.01. The van der Waals surface area contributed by atoms with Crippen LogP contribution in [0.1, 0.15) is 7.43 Å². The molecule has 1 aromatic carbocycles. The number of hydrogen-bond donors (Lipinski definition) is 2. The number of ether oxygens (including phenoxy) is 1. The van der Waals surface area contributed by atoms with E-state index in [1.807, 2.05) is 60.7 Å². The SMILES string of the molecule is C.C1=CCN=C1.C1=CCN=C1.C1=c2ccccc2=NC1.C1=c2cccnc2=NC1.C1=c2nccnc2=NC1.C1COCCN1.c1nc[nH]n1. The molecule has 6 aliphatic heterocycles. The number of nitrogens with one attached hydrogen (secondary N) is 2. The fourth-order valence-corrected chi connectivity index (χ4v) is 4.09. The van der Waals surface area contributed by atoms with Crippen LogP contribution in [0.2, 0.25) is 0 Å². The third-order valence-electron chi connectivity index (χ3n) is 6.36. The first-order valence-corrected chi connectivity index (χ1v) is 15.6. The average Bonchev–Trinajstić information content (AvgIpc) is 4.03. The normalized spacial score (nSPS) is 14.9. The molecule has 3 aromatic heterocycles. The van der Waals surface area contributed by atoms with Crippen LogP contribution in [0.15, 0.2) is 117 Å². The predicted molar refractivity (Wildman–Crippen MR) is 195 cm³/mol. The Morgan fingerprint density at radius 3 is 1.86 bits per heavy atom. The van der Waals surface area contributed by atoms with Crippen LogP contribution in [0.4, 0.5) is 0 Å². The molecule has 0 amide bonds. The summed E-state index contributed by atoms with van der Waals surface area (Å²) in [7, 11) is 0. The van der Waals surface area contributed by atoms with Gasteiger partial charge in [0.25, 0.3) is 0 Å². The van der Waals surface area contributed by atoms with E-state index in [0.29, 0.717) is 0 Å². The molecule has 2 N–H and O–H groups in total. The van der Waals surface area contributed by atoms with Crippen LogP contribution >= 0.6 is 0 Å². The first-order chi connectivity index (χ1) is 23.9. The molecule has 1 fully saturated rings. The molecule has 254 valence electrons. The summed E-state index contributed by atoms with van der Waals surface area (Å²) in [6.07, 6.45) is 25.7. The number of nitrogens with zero attached hydrogens (tertiary/aromatic N) is 10. The maximum absolute atomic E-state index is 5.01. The molecule has 13 nitrogen and oxygen atoms in total. The molecule has 10 rings (SSSR count). The van der Waals surface area contributed by atoms with Crippen molar-refractivity contribution in [3.63, 3.8) is 0 Å². The van der Waals surface area contributed by atoms with E-state index >= 15 is 0 Å². The van der Waals surface area contributed by atoms with Crippen LogP contribution in [-0.2, 0) is 4.74 Å². The van der Waals surface area contributed by atoms with E-state index in [9.17, 15) is 0 Å². The number of hydrogen-bond acceptors (Lipinski definition) is 12.